The van der Waals surface area contributed by atoms with Gasteiger partial charge in [0.05, 0.1) is 18.7 Å². The van der Waals surface area contributed by atoms with Crippen LogP contribution in [0.4, 0.5) is 14.6 Å². The fourth-order valence-electron chi connectivity index (χ4n) is 5.37. The highest BCUT2D eigenvalue weighted by Gasteiger charge is 2.21. The molecule has 0 saturated heterocycles. The molecule has 0 radical (unpaired) electrons. The smallest absolute Gasteiger partial charge is 0.195 e. The lowest BCUT2D eigenvalue weighted by Gasteiger charge is -2.16. The van der Waals surface area contributed by atoms with Crippen molar-refractivity contribution in [3.05, 3.63) is 108 Å². The SMILES string of the molecule is Cc1cc(F)ccc1-c1nc(N[C@@H](C)c2ccccc2)c2ncn(C)c2n1.Cc1cc(F)ccc1-c1nc(S(C)(=O)=O)c2ncn(C)c2n1. The molecule has 0 amide bonds. The average Bonchev–Trinajstić information content (AvgIpc) is 3.62. The molecule has 1 atom stereocenters. The number of fused-ring (bicyclic) bond motifs is 2. The number of nitrogens with one attached hydrogen (secondary N) is 1. The van der Waals surface area contributed by atoms with Gasteiger partial charge in [-0.25, -0.2) is 47.1 Å². The normalized spacial score (nSPS) is 12.2. The zero-order valence-electron chi connectivity index (χ0n) is 27.6. The van der Waals surface area contributed by atoms with Crippen LogP contribution in [0.1, 0.15) is 29.7 Å². The Kier molecular flexibility index (Phi) is 8.90. The Morgan fingerprint density at radius 1 is 0.714 bits per heavy atom. The fraction of sp³-hybridized carbons (Fsp3) is 0.200. The second-order valence-corrected chi connectivity index (χ2v) is 13.7. The highest BCUT2D eigenvalue weighted by Crippen LogP contribution is 2.29. The minimum atomic E-state index is -3.57. The van der Waals surface area contributed by atoms with Gasteiger partial charge in [0.25, 0.3) is 0 Å². The third kappa shape index (κ3) is 6.85. The summed E-state index contributed by atoms with van der Waals surface area (Å²) < 4.78 is 54.2. The molecule has 250 valence electrons. The molecule has 0 spiro atoms. The number of nitrogens with zero attached hydrogens (tertiary/aromatic N) is 8. The van der Waals surface area contributed by atoms with E-state index in [9.17, 15) is 17.2 Å². The Labute approximate surface area is 281 Å². The quantitative estimate of drug-likeness (QED) is 0.195. The summed E-state index contributed by atoms with van der Waals surface area (Å²) in [4.78, 5) is 26.4. The van der Waals surface area contributed by atoms with E-state index >= 15 is 0 Å². The molecule has 0 aliphatic rings. The van der Waals surface area contributed by atoms with E-state index < -0.39 is 9.84 Å². The Morgan fingerprint density at radius 3 is 1.76 bits per heavy atom. The van der Waals surface area contributed by atoms with Crippen molar-refractivity contribution in [2.75, 3.05) is 11.6 Å². The fourth-order valence-corrected chi connectivity index (χ4v) is 6.12. The maximum atomic E-state index is 13.5. The van der Waals surface area contributed by atoms with Gasteiger partial charge < -0.3 is 14.5 Å². The molecule has 4 heterocycles. The summed E-state index contributed by atoms with van der Waals surface area (Å²) in [6.45, 7) is 5.65. The number of halogens is 2. The van der Waals surface area contributed by atoms with Gasteiger partial charge in [-0.2, -0.15) is 0 Å². The highest BCUT2D eigenvalue weighted by molar-refractivity contribution is 7.90. The Balaban J connectivity index is 0.000000174. The molecule has 3 aromatic carbocycles. The summed E-state index contributed by atoms with van der Waals surface area (Å²) in [5.74, 6) is 0.802. The van der Waals surface area contributed by atoms with E-state index in [1.165, 1.54) is 36.7 Å². The molecule has 1 N–H and O–H groups in total. The van der Waals surface area contributed by atoms with Gasteiger partial charge in [0.1, 0.15) is 22.7 Å². The van der Waals surface area contributed by atoms with E-state index in [-0.39, 0.29) is 34.0 Å². The number of rotatable bonds is 6. The third-order valence-electron chi connectivity index (χ3n) is 7.95. The first-order chi connectivity index (χ1) is 23.3. The maximum absolute atomic E-state index is 13.5. The molecule has 0 aliphatic carbocycles. The van der Waals surface area contributed by atoms with Crippen LogP contribution in [-0.4, -0.2) is 53.7 Å². The van der Waals surface area contributed by atoms with Crippen LogP contribution in [0.15, 0.2) is 84.4 Å². The lowest BCUT2D eigenvalue weighted by molar-refractivity contribution is 0.599. The van der Waals surface area contributed by atoms with Gasteiger partial charge in [-0.05, 0) is 73.9 Å². The van der Waals surface area contributed by atoms with E-state index in [0.29, 0.717) is 33.9 Å². The number of imidazole rings is 2. The molecule has 0 saturated carbocycles. The minimum absolute atomic E-state index is 0.0495. The van der Waals surface area contributed by atoms with Crippen molar-refractivity contribution in [1.82, 2.24) is 39.0 Å². The number of aromatic nitrogens is 8. The largest absolute Gasteiger partial charge is 0.362 e. The van der Waals surface area contributed by atoms with Crippen LogP contribution in [0.2, 0.25) is 0 Å². The van der Waals surface area contributed by atoms with Crippen LogP contribution in [0.3, 0.4) is 0 Å². The zero-order chi connectivity index (χ0) is 35.0. The van der Waals surface area contributed by atoms with Gasteiger partial charge in [-0.15, -0.1) is 0 Å². The van der Waals surface area contributed by atoms with Crippen molar-refractivity contribution in [3.8, 4) is 22.8 Å². The van der Waals surface area contributed by atoms with E-state index in [1.54, 1.807) is 30.9 Å². The average molecular weight is 682 g/mol. The second-order valence-electron chi connectivity index (χ2n) is 11.8. The van der Waals surface area contributed by atoms with E-state index in [0.717, 1.165) is 28.6 Å². The standard InChI is InChI=1S/C21H20FN5.C14H13FN4O2S/c1-13-11-16(22)9-10-17(13)19-25-20(18-21(26-19)27(3)12-23-18)24-14(2)15-7-5-4-6-8-15;1-8-6-9(15)4-5-10(8)12-17-13-11(16-7-19(13)2)14(18-12)22(3,20)21/h4-12,14H,1-3H3,(H,24,25,26);4-7H,1-3H3/t14-;/m0./s1. The zero-order valence-corrected chi connectivity index (χ0v) is 28.5. The van der Waals surface area contributed by atoms with Crippen molar-refractivity contribution >= 4 is 38.0 Å². The summed E-state index contributed by atoms with van der Waals surface area (Å²) >= 11 is 0. The topological polar surface area (TPSA) is 133 Å². The summed E-state index contributed by atoms with van der Waals surface area (Å²) in [6.07, 6.45) is 4.28. The van der Waals surface area contributed by atoms with Crippen LogP contribution in [-0.2, 0) is 23.9 Å². The van der Waals surface area contributed by atoms with Gasteiger partial charge in [-0.3, -0.25) is 0 Å². The molecule has 0 bridgehead atoms. The minimum Gasteiger partial charge on any atom is -0.362 e. The van der Waals surface area contributed by atoms with Gasteiger partial charge in [-0.1, -0.05) is 30.3 Å². The number of anilines is 1. The molecule has 11 nitrogen and oxygen atoms in total. The van der Waals surface area contributed by atoms with E-state index in [2.05, 4.69) is 49.3 Å². The first-order valence-electron chi connectivity index (χ1n) is 15.2. The Hall–Kier alpha value is -5.63. The first kappa shape index (κ1) is 33.3. The predicted octanol–water partition coefficient (Wildman–Crippen LogP) is 6.53. The molecule has 0 fully saturated rings. The lowest BCUT2D eigenvalue weighted by Crippen LogP contribution is -2.10. The summed E-state index contributed by atoms with van der Waals surface area (Å²) in [5, 5.41) is 3.33. The van der Waals surface area contributed by atoms with Gasteiger partial charge in [0.2, 0.25) is 0 Å². The number of aryl methyl sites for hydroxylation is 4. The molecule has 7 rings (SSSR count). The summed E-state index contributed by atoms with van der Waals surface area (Å²) in [7, 11) is 0.0462. The molecule has 7 aromatic rings. The summed E-state index contributed by atoms with van der Waals surface area (Å²) in [6, 6.07) is 19.0. The van der Waals surface area contributed by atoms with Crippen molar-refractivity contribution in [3.63, 3.8) is 0 Å². The first-order valence-corrected chi connectivity index (χ1v) is 17.1. The third-order valence-corrected chi connectivity index (χ3v) is 8.94. The molecule has 0 unspecified atom stereocenters. The molecule has 0 aliphatic heterocycles. The maximum Gasteiger partial charge on any atom is 0.195 e. The van der Waals surface area contributed by atoms with Crippen LogP contribution in [0.25, 0.3) is 45.1 Å². The van der Waals surface area contributed by atoms with Crippen molar-refractivity contribution in [1.29, 1.82) is 0 Å². The number of sulfone groups is 1. The van der Waals surface area contributed by atoms with E-state index in [1.807, 2.05) is 36.7 Å². The monoisotopic (exact) mass is 681 g/mol. The van der Waals surface area contributed by atoms with Gasteiger partial charge in [0, 0.05) is 31.5 Å². The number of hydrogen-bond acceptors (Lipinski definition) is 9. The van der Waals surface area contributed by atoms with Crippen molar-refractivity contribution in [2.45, 2.75) is 31.8 Å². The van der Waals surface area contributed by atoms with Crippen LogP contribution in [0, 0.1) is 25.5 Å². The van der Waals surface area contributed by atoms with Crippen LogP contribution < -0.4 is 5.32 Å². The second kappa shape index (κ2) is 13.1. The molecular formula is C35H33F2N9O2S. The van der Waals surface area contributed by atoms with Gasteiger partial charge >= 0.3 is 0 Å². The number of hydrogen-bond donors (Lipinski definition) is 1. The Bertz CT molecular complexity index is 2450. The lowest BCUT2D eigenvalue weighted by atomic mass is 10.1. The molecule has 14 heteroatoms. The highest BCUT2D eigenvalue weighted by atomic mass is 32.2. The molecular weight excluding hydrogens is 649 g/mol. The summed E-state index contributed by atoms with van der Waals surface area (Å²) in [5.41, 5.74) is 6.03. The number of benzene rings is 3. The van der Waals surface area contributed by atoms with E-state index in [4.69, 9.17) is 4.98 Å². The van der Waals surface area contributed by atoms with Gasteiger partial charge in [0.15, 0.2) is 43.6 Å². The predicted molar refractivity (Wildman–Crippen MR) is 184 cm³/mol. The molecule has 4 aromatic heterocycles. The van der Waals surface area contributed by atoms with Crippen molar-refractivity contribution in [2.24, 2.45) is 14.1 Å². The van der Waals surface area contributed by atoms with Crippen LogP contribution >= 0.6 is 0 Å². The Morgan fingerprint density at radius 2 is 1.22 bits per heavy atom. The van der Waals surface area contributed by atoms with Crippen molar-refractivity contribution < 1.29 is 17.2 Å². The molecule has 49 heavy (non-hydrogen) atoms. The van der Waals surface area contributed by atoms with Crippen LogP contribution in [0.5, 0.6) is 0 Å².